The molecule has 1 aromatic rings. The number of nitrogens with two attached hydrogens (primary N) is 1. The Bertz CT molecular complexity index is 293. The molecule has 1 atom stereocenters. The van der Waals surface area contributed by atoms with Crippen molar-refractivity contribution in [3.05, 3.63) is 35.9 Å². The van der Waals surface area contributed by atoms with Crippen molar-refractivity contribution in [2.45, 2.75) is 38.8 Å². The fraction of sp³-hybridized carbons (Fsp3) is 0.571. The van der Waals surface area contributed by atoms with Gasteiger partial charge in [0.1, 0.15) is 0 Å². The van der Waals surface area contributed by atoms with Crippen LogP contribution in [0, 0.1) is 0 Å². The standard InChI is InChI=1S/C14H24N2/c1-4-10-14(2,15)12-16(3)11-13-8-6-5-7-9-13/h5-9H,4,10-12,15H2,1-3H3. The maximum absolute atomic E-state index is 6.24. The zero-order chi connectivity index (χ0) is 12.0. The summed E-state index contributed by atoms with van der Waals surface area (Å²) in [5.41, 5.74) is 7.51. The Morgan fingerprint density at radius 3 is 2.44 bits per heavy atom. The topological polar surface area (TPSA) is 29.3 Å². The van der Waals surface area contributed by atoms with E-state index in [4.69, 9.17) is 5.73 Å². The first kappa shape index (κ1) is 13.2. The van der Waals surface area contributed by atoms with Crippen LogP contribution >= 0.6 is 0 Å². The molecular formula is C14H24N2. The monoisotopic (exact) mass is 220 g/mol. The molecule has 0 fully saturated rings. The molecule has 0 bridgehead atoms. The van der Waals surface area contributed by atoms with Crippen LogP contribution in [-0.2, 0) is 6.54 Å². The molecule has 0 saturated carbocycles. The maximum Gasteiger partial charge on any atom is 0.0254 e. The van der Waals surface area contributed by atoms with Gasteiger partial charge in [-0.1, -0.05) is 43.7 Å². The summed E-state index contributed by atoms with van der Waals surface area (Å²) in [4.78, 5) is 2.30. The van der Waals surface area contributed by atoms with E-state index in [9.17, 15) is 0 Å². The van der Waals surface area contributed by atoms with Crippen LogP contribution in [0.4, 0.5) is 0 Å². The maximum atomic E-state index is 6.24. The first-order chi connectivity index (χ1) is 7.53. The third-order valence-electron chi connectivity index (χ3n) is 2.75. The van der Waals surface area contributed by atoms with Gasteiger partial charge in [-0.05, 0) is 26.0 Å². The zero-order valence-corrected chi connectivity index (χ0v) is 10.7. The summed E-state index contributed by atoms with van der Waals surface area (Å²) in [6.45, 7) is 6.23. The molecule has 0 aromatic heterocycles. The molecule has 0 heterocycles. The summed E-state index contributed by atoms with van der Waals surface area (Å²) in [5, 5.41) is 0. The van der Waals surface area contributed by atoms with Crippen molar-refractivity contribution in [3.8, 4) is 0 Å². The molecule has 0 radical (unpaired) electrons. The molecule has 0 aliphatic carbocycles. The smallest absolute Gasteiger partial charge is 0.0254 e. The van der Waals surface area contributed by atoms with Crippen molar-refractivity contribution in [1.29, 1.82) is 0 Å². The molecular weight excluding hydrogens is 196 g/mol. The molecule has 2 N–H and O–H groups in total. The third-order valence-corrected chi connectivity index (χ3v) is 2.75. The quantitative estimate of drug-likeness (QED) is 0.798. The molecule has 2 heteroatoms. The van der Waals surface area contributed by atoms with Gasteiger partial charge in [-0.25, -0.2) is 0 Å². The minimum absolute atomic E-state index is 0.0712. The van der Waals surface area contributed by atoms with Gasteiger partial charge in [0.25, 0.3) is 0 Å². The molecule has 0 spiro atoms. The second-order valence-electron chi connectivity index (χ2n) is 5.06. The fourth-order valence-corrected chi connectivity index (χ4v) is 2.22. The number of hydrogen-bond acceptors (Lipinski definition) is 2. The first-order valence-corrected chi connectivity index (χ1v) is 6.05. The summed E-state index contributed by atoms with van der Waals surface area (Å²) in [6, 6.07) is 10.5. The normalized spacial score (nSPS) is 15.1. The highest BCUT2D eigenvalue weighted by Gasteiger charge is 2.19. The molecule has 90 valence electrons. The van der Waals surface area contributed by atoms with Crippen LogP contribution in [0.1, 0.15) is 32.3 Å². The van der Waals surface area contributed by atoms with Gasteiger partial charge in [-0.2, -0.15) is 0 Å². The third kappa shape index (κ3) is 4.77. The summed E-state index contributed by atoms with van der Waals surface area (Å²) < 4.78 is 0. The highest BCUT2D eigenvalue weighted by atomic mass is 15.1. The van der Waals surface area contributed by atoms with Crippen molar-refractivity contribution in [1.82, 2.24) is 4.90 Å². The number of benzene rings is 1. The fourth-order valence-electron chi connectivity index (χ4n) is 2.22. The number of likely N-dealkylation sites (N-methyl/N-ethyl adjacent to an activating group) is 1. The molecule has 0 amide bonds. The number of nitrogens with zero attached hydrogens (tertiary/aromatic N) is 1. The lowest BCUT2D eigenvalue weighted by atomic mass is 9.97. The highest BCUT2D eigenvalue weighted by Crippen LogP contribution is 2.12. The molecule has 16 heavy (non-hydrogen) atoms. The van der Waals surface area contributed by atoms with E-state index >= 15 is 0 Å². The van der Waals surface area contributed by atoms with Crippen LogP contribution in [0.3, 0.4) is 0 Å². The zero-order valence-electron chi connectivity index (χ0n) is 10.7. The molecule has 0 aliphatic heterocycles. The average molecular weight is 220 g/mol. The van der Waals surface area contributed by atoms with Gasteiger partial charge < -0.3 is 10.6 Å². The van der Waals surface area contributed by atoms with Crippen LogP contribution in [0.2, 0.25) is 0 Å². The van der Waals surface area contributed by atoms with E-state index < -0.39 is 0 Å². The van der Waals surface area contributed by atoms with Gasteiger partial charge in [-0.15, -0.1) is 0 Å². The van der Waals surface area contributed by atoms with Crippen molar-refractivity contribution in [3.63, 3.8) is 0 Å². The predicted octanol–water partition coefficient (Wildman–Crippen LogP) is 2.64. The summed E-state index contributed by atoms with van der Waals surface area (Å²) >= 11 is 0. The van der Waals surface area contributed by atoms with E-state index in [2.05, 4.69) is 50.1 Å². The van der Waals surface area contributed by atoms with Crippen LogP contribution in [0.15, 0.2) is 30.3 Å². The minimum atomic E-state index is -0.0712. The van der Waals surface area contributed by atoms with E-state index in [1.165, 1.54) is 5.56 Å². The van der Waals surface area contributed by atoms with E-state index in [0.717, 1.165) is 25.9 Å². The van der Waals surface area contributed by atoms with Gasteiger partial charge in [-0.3, -0.25) is 0 Å². The van der Waals surface area contributed by atoms with Crippen molar-refractivity contribution >= 4 is 0 Å². The van der Waals surface area contributed by atoms with Crippen molar-refractivity contribution in [2.75, 3.05) is 13.6 Å². The summed E-state index contributed by atoms with van der Waals surface area (Å²) in [6.07, 6.45) is 2.22. The van der Waals surface area contributed by atoms with Crippen LogP contribution in [0.5, 0.6) is 0 Å². The van der Waals surface area contributed by atoms with E-state index in [1.54, 1.807) is 0 Å². The molecule has 0 saturated heterocycles. The van der Waals surface area contributed by atoms with Gasteiger partial charge >= 0.3 is 0 Å². The van der Waals surface area contributed by atoms with Gasteiger partial charge in [0.2, 0.25) is 0 Å². The van der Waals surface area contributed by atoms with Gasteiger partial charge in [0, 0.05) is 18.6 Å². The molecule has 0 aliphatic rings. The Morgan fingerprint density at radius 1 is 1.25 bits per heavy atom. The lowest BCUT2D eigenvalue weighted by Gasteiger charge is -2.30. The lowest BCUT2D eigenvalue weighted by Crippen LogP contribution is -2.46. The van der Waals surface area contributed by atoms with Crippen LogP contribution in [-0.4, -0.2) is 24.0 Å². The predicted molar refractivity (Wildman–Crippen MR) is 70.3 cm³/mol. The Kier molecular flexibility index (Phi) is 4.97. The lowest BCUT2D eigenvalue weighted by molar-refractivity contribution is 0.241. The summed E-state index contributed by atoms with van der Waals surface area (Å²) in [5.74, 6) is 0. The summed E-state index contributed by atoms with van der Waals surface area (Å²) in [7, 11) is 2.13. The van der Waals surface area contributed by atoms with E-state index in [1.807, 2.05) is 6.07 Å². The Hall–Kier alpha value is -0.860. The Morgan fingerprint density at radius 2 is 1.88 bits per heavy atom. The van der Waals surface area contributed by atoms with Gasteiger partial charge in [0.15, 0.2) is 0 Å². The second-order valence-corrected chi connectivity index (χ2v) is 5.06. The number of hydrogen-bond donors (Lipinski definition) is 1. The van der Waals surface area contributed by atoms with Crippen molar-refractivity contribution in [2.24, 2.45) is 5.73 Å². The molecule has 1 unspecified atom stereocenters. The highest BCUT2D eigenvalue weighted by molar-refractivity contribution is 5.14. The van der Waals surface area contributed by atoms with Crippen molar-refractivity contribution < 1.29 is 0 Å². The van der Waals surface area contributed by atoms with Gasteiger partial charge in [0.05, 0.1) is 0 Å². The molecule has 1 aromatic carbocycles. The molecule has 1 rings (SSSR count). The second kappa shape index (κ2) is 6.02. The average Bonchev–Trinajstić information content (AvgIpc) is 2.17. The van der Waals surface area contributed by atoms with Crippen LogP contribution < -0.4 is 5.73 Å². The minimum Gasteiger partial charge on any atom is -0.324 e. The Balaban J connectivity index is 2.44. The van der Waals surface area contributed by atoms with E-state index in [-0.39, 0.29) is 5.54 Å². The first-order valence-electron chi connectivity index (χ1n) is 6.05. The Labute approximate surface area is 99.5 Å². The largest absolute Gasteiger partial charge is 0.324 e. The molecule has 2 nitrogen and oxygen atoms in total. The number of rotatable bonds is 6. The van der Waals surface area contributed by atoms with Crippen LogP contribution in [0.25, 0.3) is 0 Å². The SMILES string of the molecule is CCCC(C)(N)CN(C)Cc1ccccc1. The van der Waals surface area contributed by atoms with E-state index in [0.29, 0.717) is 0 Å².